The summed E-state index contributed by atoms with van der Waals surface area (Å²) in [4.78, 5) is 26.2. The fraction of sp³-hybridized carbons (Fsp3) is 0.579. The number of hydrogen-bond acceptors (Lipinski definition) is 3. The molecule has 0 saturated carbocycles. The minimum atomic E-state index is -0.504. The number of carbonyl (C=O) groups excluding carboxylic acids is 2. The molecule has 2 atom stereocenters. The summed E-state index contributed by atoms with van der Waals surface area (Å²) in [6.07, 6.45) is 0. The minimum Gasteiger partial charge on any atom is -0.352 e. The summed E-state index contributed by atoms with van der Waals surface area (Å²) in [5.41, 5.74) is 1.18. The third-order valence-electron chi connectivity index (χ3n) is 4.22. The molecule has 0 aliphatic rings. The quantitative estimate of drug-likeness (QED) is 0.729. The lowest BCUT2D eigenvalue weighted by Gasteiger charge is -2.31. The van der Waals surface area contributed by atoms with Crippen molar-refractivity contribution >= 4 is 11.8 Å². The monoisotopic (exact) mass is 333 g/mol. The number of likely N-dealkylation sites (N-methyl/N-ethyl adjacent to an activating group) is 1. The first-order chi connectivity index (χ1) is 11.4. The van der Waals surface area contributed by atoms with Crippen molar-refractivity contribution in [1.29, 1.82) is 0 Å². The number of benzene rings is 1. The van der Waals surface area contributed by atoms with Gasteiger partial charge in [0.25, 0.3) is 0 Å². The molecule has 134 valence electrons. The summed E-state index contributed by atoms with van der Waals surface area (Å²) < 4.78 is 0. The van der Waals surface area contributed by atoms with Gasteiger partial charge in [0, 0.05) is 13.5 Å². The van der Waals surface area contributed by atoms with Crippen LogP contribution < -0.4 is 10.6 Å². The fourth-order valence-corrected chi connectivity index (χ4v) is 2.86. The predicted octanol–water partition coefficient (Wildman–Crippen LogP) is 2.35. The van der Waals surface area contributed by atoms with Gasteiger partial charge in [0.15, 0.2) is 0 Å². The van der Waals surface area contributed by atoms with Gasteiger partial charge in [-0.05, 0) is 24.6 Å². The average molecular weight is 333 g/mol. The summed E-state index contributed by atoms with van der Waals surface area (Å²) in [7, 11) is 0. The summed E-state index contributed by atoms with van der Waals surface area (Å²) in [6, 6.07) is 9.81. The lowest BCUT2D eigenvalue weighted by molar-refractivity contribution is -0.129. The van der Waals surface area contributed by atoms with Crippen LogP contribution in [0.4, 0.5) is 0 Å². The molecular formula is C19H31N3O2. The van der Waals surface area contributed by atoms with E-state index in [1.54, 1.807) is 0 Å². The maximum atomic E-state index is 12.5. The zero-order valence-corrected chi connectivity index (χ0v) is 15.5. The molecule has 0 radical (unpaired) electrons. The number of rotatable bonds is 9. The van der Waals surface area contributed by atoms with Gasteiger partial charge in [0.2, 0.25) is 11.8 Å². The fourth-order valence-electron chi connectivity index (χ4n) is 2.86. The third kappa shape index (κ3) is 5.96. The van der Waals surface area contributed by atoms with Crippen molar-refractivity contribution in [2.24, 2.45) is 5.92 Å². The van der Waals surface area contributed by atoms with Crippen LogP contribution in [0, 0.1) is 5.92 Å². The normalized spacial score (nSPS) is 13.6. The SMILES string of the molecule is CCN(CC)C(CNC(=O)C(NC(C)=O)C(C)C)c1ccccc1. The molecule has 1 rings (SSSR count). The summed E-state index contributed by atoms with van der Waals surface area (Å²) >= 11 is 0. The van der Waals surface area contributed by atoms with Crippen molar-refractivity contribution in [2.45, 2.75) is 46.7 Å². The third-order valence-corrected chi connectivity index (χ3v) is 4.22. The largest absolute Gasteiger partial charge is 0.352 e. The van der Waals surface area contributed by atoms with Crippen LogP contribution in [0.5, 0.6) is 0 Å². The first-order valence-electron chi connectivity index (χ1n) is 8.74. The Bertz CT molecular complexity index is 513. The maximum Gasteiger partial charge on any atom is 0.242 e. The van der Waals surface area contributed by atoms with Crippen molar-refractivity contribution < 1.29 is 9.59 Å². The van der Waals surface area contributed by atoms with Crippen LogP contribution in [-0.4, -0.2) is 42.4 Å². The van der Waals surface area contributed by atoms with E-state index in [2.05, 4.69) is 41.5 Å². The van der Waals surface area contributed by atoms with Crippen LogP contribution in [0.25, 0.3) is 0 Å². The first kappa shape index (κ1) is 20.2. The highest BCUT2D eigenvalue weighted by Crippen LogP contribution is 2.19. The molecule has 0 spiro atoms. The van der Waals surface area contributed by atoms with Gasteiger partial charge in [-0.15, -0.1) is 0 Å². The van der Waals surface area contributed by atoms with Gasteiger partial charge in [-0.1, -0.05) is 58.0 Å². The number of nitrogens with zero attached hydrogens (tertiary/aromatic N) is 1. The minimum absolute atomic E-state index is 0.0394. The summed E-state index contributed by atoms with van der Waals surface area (Å²) in [6.45, 7) is 11.9. The van der Waals surface area contributed by atoms with E-state index in [4.69, 9.17) is 0 Å². The second kappa shape index (κ2) is 10.1. The van der Waals surface area contributed by atoms with Crippen LogP contribution in [0.1, 0.15) is 46.2 Å². The number of amides is 2. The molecule has 1 aromatic rings. The van der Waals surface area contributed by atoms with E-state index in [-0.39, 0.29) is 23.8 Å². The number of carbonyl (C=O) groups is 2. The van der Waals surface area contributed by atoms with Crippen molar-refractivity contribution in [2.75, 3.05) is 19.6 Å². The molecule has 1 aromatic carbocycles. The Morgan fingerprint density at radius 2 is 1.67 bits per heavy atom. The van der Waals surface area contributed by atoms with Crippen molar-refractivity contribution in [3.05, 3.63) is 35.9 Å². The van der Waals surface area contributed by atoms with Crippen LogP contribution in [-0.2, 0) is 9.59 Å². The molecule has 0 saturated heterocycles. The van der Waals surface area contributed by atoms with E-state index in [1.807, 2.05) is 32.0 Å². The second-order valence-electron chi connectivity index (χ2n) is 6.32. The summed E-state index contributed by atoms with van der Waals surface area (Å²) in [5.74, 6) is -0.280. The molecule has 2 N–H and O–H groups in total. The molecule has 2 amide bonds. The number of nitrogens with one attached hydrogen (secondary N) is 2. The molecule has 0 heterocycles. The standard InChI is InChI=1S/C19H31N3O2/c1-6-22(7-2)17(16-11-9-8-10-12-16)13-20-19(24)18(14(3)4)21-15(5)23/h8-12,14,17-18H,6-7,13H2,1-5H3,(H,20,24)(H,21,23). The summed E-state index contributed by atoms with van der Waals surface area (Å²) in [5, 5.41) is 5.76. The maximum absolute atomic E-state index is 12.5. The second-order valence-corrected chi connectivity index (χ2v) is 6.32. The van der Waals surface area contributed by atoms with Gasteiger partial charge in [-0.25, -0.2) is 0 Å². The molecule has 2 unspecified atom stereocenters. The highest BCUT2D eigenvalue weighted by molar-refractivity contribution is 5.87. The van der Waals surface area contributed by atoms with Crippen LogP contribution in [0.15, 0.2) is 30.3 Å². The lowest BCUT2D eigenvalue weighted by atomic mass is 10.0. The molecule has 0 bridgehead atoms. The van der Waals surface area contributed by atoms with Gasteiger partial charge in [-0.3, -0.25) is 14.5 Å². The van der Waals surface area contributed by atoms with Crippen molar-refractivity contribution in [1.82, 2.24) is 15.5 Å². The molecule has 0 aromatic heterocycles. The molecular weight excluding hydrogens is 302 g/mol. The van der Waals surface area contributed by atoms with Crippen LogP contribution in [0.2, 0.25) is 0 Å². The molecule has 0 fully saturated rings. The average Bonchev–Trinajstić information content (AvgIpc) is 2.56. The van der Waals surface area contributed by atoms with E-state index in [0.717, 1.165) is 13.1 Å². The van der Waals surface area contributed by atoms with E-state index >= 15 is 0 Å². The molecule has 0 aliphatic heterocycles. The topological polar surface area (TPSA) is 61.4 Å². The molecule has 5 nitrogen and oxygen atoms in total. The highest BCUT2D eigenvalue weighted by Gasteiger charge is 2.25. The molecule has 0 aliphatic carbocycles. The highest BCUT2D eigenvalue weighted by atomic mass is 16.2. The Hall–Kier alpha value is -1.88. The predicted molar refractivity (Wildman–Crippen MR) is 97.6 cm³/mol. The zero-order valence-electron chi connectivity index (χ0n) is 15.5. The Morgan fingerprint density at radius 1 is 1.08 bits per heavy atom. The molecule has 24 heavy (non-hydrogen) atoms. The van der Waals surface area contributed by atoms with Gasteiger partial charge >= 0.3 is 0 Å². The van der Waals surface area contributed by atoms with Crippen LogP contribution in [0.3, 0.4) is 0 Å². The Morgan fingerprint density at radius 3 is 2.12 bits per heavy atom. The van der Waals surface area contributed by atoms with Gasteiger partial charge < -0.3 is 10.6 Å². The van der Waals surface area contributed by atoms with E-state index < -0.39 is 6.04 Å². The van der Waals surface area contributed by atoms with E-state index in [9.17, 15) is 9.59 Å². The lowest BCUT2D eigenvalue weighted by Crippen LogP contribution is -2.50. The molecule has 5 heteroatoms. The number of hydrogen-bond donors (Lipinski definition) is 2. The first-order valence-corrected chi connectivity index (χ1v) is 8.74. The zero-order chi connectivity index (χ0) is 18.1. The Labute approximate surface area is 145 Å². The van der Waals surface area contributed by atoms with Gasteiger partial charge in [0.1, 0.15) is 6.04 Å². The van der Waals surface area contributed by atoms with E-state index in [1.165, 1.54) is 12.5 Å². The van der Waals surface area contributed by atoms with E-state index in [0.29, 0.717) is 6.54 Å². The van der Waals surface area contributed by atoms with Crippen molar-refractivity contribution in [3.8, 4) is 0 Å². The van der Waals surface area contributed by atoms with Gasteiger partial charge in [-0.2, -0.15) is 0 Å². The van der Waals surface area contributed by atoms with Crippen LogP contribution >= 0.6 is 0 Å². The smallest absolute Gasteiger partial charge is 0.242 e. The van der Waals surface area contributed by atoms with Gasteiger partial charge in [0.05, 0.1) is 6.04 Å². The Kier molecular flexibility index (Phi) is 8.47. The van der Waals surface area contributed by atoms with Crippen molar-refractivity contribution in [3.63, 3.8) is 0 Å². The Balaban J connectivity index is 2.83.